The highest BCUT2D eigenvalue weighted by Gasteiger charge is 2.31. The maximum Gasteiger partial charge on any atom is 0.242 e. The highest BCUT2D eigenvalue weighted by molar-refractivity contribution is 5.85. The highest BCUT2D eigenvalue weighted by atomic mass is 35.5. The molecular weight excluding hydrogens is 409 g/mol. The third-order valence-corrected chi connectivity index (χ3v) is 5.44. The van der Waals surface area contributed by atoms with Crippen LogP contribution >= 0.6 is 24.8 Å². The summed E-state index contributed by atoms with van der Waals surface area (Å²) in [6.45, 7) is 5.17. The van der Waals surface area contributed by atoms with E-state index in [0.717, 1.165) is 32.7 Å². The second-order valence-corrected chi connectivity index (χ2v) is 7.17. The van der Waals surface area contributed by atoms with Gasteiger partial charge in [-0.2, -0.15) is 0 Å². The average Bonchev–Trinajstić information content (AvgIpc) is 2.76. The van der Waals surface area contributed by atoms with E-state index in [1.165, 1.54) is 11.1 Å². The van der Waals surface area contributed by atoms with Gasteiger partial charge in [0.25, 0.3) is 0 Å². The zero-order valence-corrected chi connectivity index (χ0v) is 18.0. The van der Waals surface area contributed by atoms with Crippen molar-refractivity contribution in [1.82, 2.24) is 15.1 Å². The van der Waals surface area contributed by atoms with Gasteiger partial charge in [-0.25, -0.2) is 0 Å². The molecule has 2 saturated heterocycles. The number of ether oxygens (including phenoxy) is 1. The van der Waals surface area contributed by atoms with Crippen molar-refractivity contribution < 1.29 is 9.53 Å². The van der Waals surface area contributed by atoms with Gasteiger partial charge in [0.05, 0.1) is 19.3 Å². The van der Waals surface area contributed by atoms with Gasteiger partial charge in [-0.1, -0.05) is 60.7 Å². The SMILES string of the molecule is Cl.Cl.O=C(C1COCCN1)N1CCN(C(c2ccccc2)c2ccccc2)CC1. The molecule has 5 nitrogen and oxygen atoms in total. The first-order valence-electron chi connectivity index (χ1n) is 9.77. The smallest absolute Gasteiger partial charge is 0.242 e. The van der Waals surface area contributed by atoms with Crippen LogP contribution in [0.5, 0.6) is 0 Å². The van der Waals surface area contributed by atoms with E-state index in [0.29, 0.717) is 13.2 Å². The summed E-state index contributed by atoms with van der Waals surface area (Å²) in [6.07, 6.45) is 0. The number of piperazine rings is 1. The molecule has 7 heteroatoms. The number of hydrogen-bond acceptors (Lipinski definition) is 4. The van der Waals surface area contributed by atoms with Crippen LogP contribution in [-0.2, 0) is 9.53 Å². The summed E-state index contributed by atoms with van der Waals surface area (Å²) in [5, 5.41) is 3.27. The van der Waals surface area contributed by atoms with E-state index >= 15 is 0 Å². The molecule has 0 saturated carbocycles. The van der Waals surface area contributed by atoms with Crippen LogP contribution in [0.1, 0.15) is 17.2 Å². The Morgan fingerprint density at radius 3 is 1.93 bits per heavy atom. The summed E-state index contributed by atoms with van der Waals surface area (Å²) in [6, 6.07) is 21.3. The Balaban J connectivity index is 0.00000150. The molecule has 0 aliphatic carbocycles. The first-order valence-corrected chi connectivity index (χ1v) is 9.77. The van der Waals surface area contributed by atoms with E-state index in [1.54, 1.807) is 0 Å². The number of rotatable bonds is 4. The molecule has 2 aliphatic rings. The van der Waals surface area contributed by atoms with E-state index < -0.39 is 0 Å². The molecule has 2 aromatic rings. The maximum atomic E-state index is 12.7. The topological polar surface area (TPSA) is 44.8 Å². The molecule has 1 unspecified atom stereocenters. The number of amides is 1. The third-order valence-electron chi connectivity index (χ3n) is 5.44. The van der Waals surface area contributed by atoms with Crippen LogP contribution in [0.25, 0.3) is 0 Å². The number of nitrogens with zero attached hydrogens (tertiary/aromatic N) is 2. The van der Waals surface area contributed by atoms with Crippen molar-refractivity contribution in [1.29, 1.82) is 0 Å². The molecule has 2 aromatic carbocycles. The molecule has 2 fully saturated rings. The summed E-state index contributed by atoms with van der Waals surface area (Å²) < 4.78 is 5.45. The number of benzene rings is 2. The molecule has 1 amide bonds. The fraction of sp³-hybridized carbons (Fsp3) is 0.409. The number of carbonyl (C=O) groups is 1. The van der Waals surface area contributed by atoms with Crippen molar-refractivity contribution in [2.45, 2.75) is 12.1 Å². The van der Waals surface area contributed by atoms with Gasteiger partial charge in [0, 0.05) is 32.7 Å². The predicted molar refractivity (Wildman–Crippen MR) is 120 cm³/mol. The van der Waals surface area contributed by atoms with Gasteiger partial charge < -0.3 is 15.0 Å². The summed E-state index contributed by atoms with van der Waals surface area (Å²) in [5.74, 6) is 0.172. The molecule has 0 spiro atoms. The lowest BCUT2D eigenvalue weighted by Crippen LogP contribution is -2.57. The molecule has 2 heterocycles. The summed E-state index contributed by atoms with van der Waals surface area (Å²) >= 11 is 0. The Morgan fingerprint density at radius 2 is 1.45 bits per heavy atom. The van der Waals surface area contributed by atoms with Gasteiger partial charge in [-0.05, 0) is 11.1 Å². The minimum atomic E-state index is -0.190. The number of carbonyl (C=O) groups excluding carboxylic acids is 1. The standard InChI is InChI=1S/C22H27N3O2.2ClH/c26-22(20-17-27-16-11-23-20)25-14-12-24(13-15-25)21(18-7-3-1-4-8-18)19-9-5-2-6-10-19;;/h1-10,20-21,23H,11-17H2;2*1H. The van der Waals surface area contributed by atoms with E-state index in [2.05, 4.69) is 70.9 Å². The van der Waals surface area contributed by atoms with Gasteiger partial charge in [0.2, 0.25) is 5.91 Å². The van der Waals surface area contributed by atoms with Crippen molar-refractivity contribution in [3.63, 3.8) is 0 Å². The monoisotopic (exact) mass is 437 g/mol. The lowest BCUT2D eigenvalue weighted by molar-refractivity contribution is -0.138. The second kappa shape index (κ2) is 11.5. The zero-order chi connectivity index (χ0) is 18.5. The fourth-order valence-electron chi connectivity index (χ4n) is 4.03. The number of halogens is 2. The Kier molecular flexibility index (Phi) is 9.40. The van der Waals surface area contributed by atoms with Gasteiger partial charge in [-0.15, -0.1) is 24.8 Å². The van der Waals surface area contributed by atoms with Crippen LogP contribution in [0.2, 0.25) is 0 Å². The van der Waals surface area contributed by atoms with Crippen molar-refractivity contribution in [2.75, 3.05) is 45.9 Å². The Morgan fingerprint density at radius 1 is 0.897 bits per heavy atom. The van der Waals surface area contributed by atoms with Crippen molar-refractivity contribution >= 4 is 30.7 Å². The molecule has 29 heavy (non-hydrogen) atoms. The minimum absolute atomic E-state index is 0. The molecule has 1 atom stereocenters. The van der Waals surface area contributed by atoms with Crippen molar-refractivity contribution in [3.8, 4) is 0 Å². The van der Waals surface area contributed by atoms with Crippen LogP contribution in [0, 0.1) is 0 Å². The van der Waals surface area contributed by atoms with E-state index in [4.69, 9.17) is 4.74 Å². The molecule has 2 aliphatic heterocycles. The Labute approximate surface area is 185 Å². The van der Waals surface area contributed by atoms with Crippen molar-refractivity contribution in [2.24, 2.45) is 0 Å². The van der Waals surface area contributed by atoms with Gasteiger partial charge in [0.15, 0.2) is 0 Å². The maximum absolute atomic E-state index is 12.7. The first-order chi connectivity index (χ1) is 13.3. The molecule has 0 aromatic heterocycles. The molecule has 1 N–H and O–H groups in total. The quantitative estimate of drug-likeness (QED) is 0.798. The molecule has 158 valence electrons. The first kappa shape index (κ1) is 23.6. The highest BCUT2D eigenvalue weighted by Crippen LogP contribution is 2.29. The van der Waals surface area contributed by atoms with Crippen LogP contribution in [0.3, 0.4) is 0 Å². The average molecular weight is 438 g/mol. The third kappa shape index (κ3) is 5.71. The summed E-state index contributed by atoms with van der Waals surface area (Å²) in [7, 11) is 0. The predicted octanol–water partition coefficient (Wildman–Crippen LogP) is 2.75. The van der Waals surface area contributed by atoms with Crippen LogP contribution in [0.4, 0.5) is 0 Å². The van der Waals surface area contributed by atoms with Crippen LogP contribution in [-0.4, -0.2) is 67.7 Å². The fourth-order valence-corrected chi connectivity index (χ4v) is 4.03. The van der Waals surface area contributed by atoms with Crippen molar-refractivity contribution in [3.05, 3.63) is 71.8 Å². The minimum Gasteiger partial charge on any atom is -0.378 e. The summed E-state index contributed by atoms with van der Waals surface area (Å²) in [4.78, 5) is 17.2. The van der Waals surface area contributed by atoms with Gasteiger partial charge in [-0.3, -0.25) is 9.69 Å². The molecular formula is C22H29Cl2N3O2. The van der Waals surface area contributed by atoms with E-state index in [-0.39, 0.29) is 42.8 Å². The van der Waals surface area contributed by atoms with Crippen LogP contribution in [0.15, 0.2) is 60.7 Å². The number of hydrogen-bond donors (Lipinski definition) is 1. The Bertz CT molecular complexity index is 695. The second-order valence-electron chi connectivity index (χ2n) is 7.17. The largest absolute Gasteiger partial charge is 0.378 e. The zero-order valence-electron chi connectivity index (χ0n) is 16.4. The molecule has 0 bridgehead atoms. The van der Waals surface area contributed by atoms with Crippen LogP contribution < -0.4 is 5.32 Å². The molecule has 0 radical (unpaired) electrons. The number of nitrogens with one attached hydrogen (secondary N) is 1. The van der Waals surface area contributed by atoms with E-state index in [1.807, 2.05) is 4.90 Å². The normalized spacial score (nSPS) is 19.9. The lowest BCUT2D eigenvalue weighted by atomic mass is 9.96. The Hall–Kier alpha value is -1.63. The van der Waals surface area contributed by atoms with Gasteiger partial charge >= 0.3 is 0 Å². The van der Waals surface area contributed by atoms with Gasteiger partial charge in [0.1, 0.15) is 6.04 Å². The van der Waals surface area contributed by atoms with E-state index in [9.17, 15) is 4.79 Å². The number of morpholine rings is 1. The summed E-state index contributed by atoms with van der Waals surface area (Å²) in [5.41, 5.74) is 2.59. The molecule has 4 rings (SSSR count). The lowest BCUT2D eigenvalue weighted by Gasteiger charge is -2.41.